The molecule has 3 aromatic heterocycles. The van der Waals surface area contributed by atoms with E-state index >= 15 is 0 Å². The lowest BCUT2D eigenvalue weighted by atomic mass is 9.93. The first kappa shape index (κ1) is 14.6. The molecule has 7 nitrogen and oxygen atoms in total. The zero-order valence-corrected chi connectivity index (χ0v) is 13.4. The number of carbonyl (C=O) groups is 1. The smallest absolute Gasteiger partial charge is 0.251 e. The number of hydrogen-bond donors (Lipinski definition) is 1. The molecule has 0 bridgehead atoms. The number of aromatic nitrogens is 5. The second-order valence-corrected chi connectivity index (χ2v) is 6.90. The molecule has 0 radical (unpaired) electrons. The van der Waals surface area contributed by atoms with Crippen LogP contribution in [-0.2, 0) is 12.0 Å². The molecule has 0 saturated heterocycles. The van der Waals surface area contributed by atoms with E-state index in [0.29, 0.717) is 17.8 Å². The Bertz CT molecular complexity index is 816. The molecule has 0 saturated carbocycles. The van der Waals surface area contributed by atoms with E-state index in [0.717, 1.165) is 10.7 Å². The summed E-state index contributed by atoms with van der Waals surface area (Å²) >= 11 is 1.56. The summed E-state index contributed by atoms with van der Waals surface area (Å²) in [6.07, 6.45) is 1.66. The third-order valence-corrected chi connectivity index (χ3v) is 4.03. The maximum Gasteiger partial charge on any atom is 0.251 e. The molecule has 3 rings (SSSR count). The zero-order chi connectivity index (χ0) is 15.7. The molecule has 114 valence electrons. The summed E-state index contributed by atoms with van der Waals surface area (Å²) < 4.78 is 1.51. The van der Waals surface area contributed by atoms with Crippen LogP contribution in [-0.4, -0.2) is 30.9 Å². The fourth-order valence-electron chi connectivity index (χ4n) is 1.88. The molecule has 0 aliphatic rings. The Morgan fingerprint density at radius 1 is 1.41 bits per heavy atom. The van der Waals surface area contributed by atoms with Crippen molar-refractivity contribution in [2.75, 3.05) is 0 Å². The van der Waals surface area contributed by atoms with E-state index in [2.05, 4.69) is 46.6 Å². The summed E-state index contributed by atoms with van der Waals surface area (Å²) in [4.78, 5) is 16.7. The van der Waals surface area contributed by atoms with Crippen LogP contribution in [0.3, 0.4) is 0 Å². The van der Waals surface area contributed by atoms with Crippen molar-refractivity contribution in [1.82, 2.24) is 30.3 Å². The predicted octanol–water partition coefficient (Wildman–Crippen LogP) is 1.81. The lowest BCUT2D eigenvalue weighted by Gasteiger charge is -2.14. The van der Waals surface area contributed by atoms with Gasteiger partial charge in [-0.15, -0.1) is 16.4 Å². The van der Waals surface area contributed by atoms with Crippen LogP contribution < -0.4 is 5.32 Å². The Kier molecular flexibility index (Phi) is 3.61. The van der Waals surface area contributed by atoms with Gasteiger partial charge in [-0.05, 0) is 22.6 Å². The Morgan fingerprint density at radius 2 is 2.23 bits per heavy atom. The maximum atomic E-state index is 12.2. The second-order valence-electron chi connectivity index (χ2n) is 5.96. The van der Waals surface area contributed by atoms with E-state index in [1.807, 2.05) is 5.38 Å². The van der Waals surface area contributed by atoms with Crippen molar-refractivity contribution in [3.63, 3.8) is 0 Å². The number of tetrazole rings is 1. The van der Waals surface area contributed by atoms with Gasteiger partial charge in [-0.2, -0.15) is 0 Å². The van der Waals surface area contributed by atoms with Crippen LogP contribution in [0.4, 0.5) is 0 Å². The monoisotopic (exact) mass is 316 g/mol. The van der Waals surface area contributed by atoms with Gasteiger partial charge in [0, 0.05) is 22.6 Å². The Balaban J connectivity index is 1.68. The topological polar surface area (TPSA) is 85.1 Å². The molecule has 0 atom stereocenters. The van der Waals surface area contributed by atoms with Crippen LogP contribution in [0, 0.1) is 0 Å². The highest BCUT2D eigenvalue weighted by atomic mass is 32.1. The van der Waals surface area contributed by atoms with Crippen molar-refractivity contribution in [2.45, 2.75) is 32.7 Å². The van der Waals surface area contributed by atoms with E-state index in [4.69, 9.17) is 0 Å². The van der Waals surface area contributed by atoms with E-state index < -0.39 is 0 Å². The first-order valence-corrected chi connectivity index (χ1v) is 7.72. The largest absolute Gasteiger partial charge is 0.346 e. The fourth-order valence-corrected chi connectivity index (χ4v) is 2.84. The maximum absolute atomic E-state index is 12.2. The normalized spacial score (nSPS) is 11.8. The lowest BCUT2D eigenvalue weighted by Crippen LogP contribution is -2.23. The van der Waals surface area contributed by atoms with Crippen LogP contribution in [0.5, 0.6) is 0 Å². The molecule has 1 N–H and O–H groups in total. The highest BCUT2D eigenvalue weighted by Crippen LogP contribution is 2.23. The van der Waals surface area contributed by atoms with Crippen LogP contribution in [0.1, 0.15) is 41.8 Å². The summed E-state index contributed by atoms with van der Waals surface area (Å²) in [7, 11) is 0. The minimum absolute atomic E-state index is 0.0183. The predicted molar refractivity (Wildman–Crippen MR) is 82.8 cm³/mol. The van der Waals surface area contributed by atoms with Crippen molar-refractivity contribution in [3.8, 4) is 0 Å². The molecule has 0 spiro atoms. The third kappa shape index (κ3) is 2.96. The summed E-state index contributed by atoms with van der Waals surface area (Å²) in [5.41, 5.74) is 2.12. The van der Waals surface area contributed by atoms with Crippen LogP contribution in [0.25, 0.3) is 5.65 Å². The lowest BCUT2D eigenvalue weighted by molar-refractivity contribution is 0.0951. The number of nitrogens with one attached hydrogen (secondary N) is 1. The Morgan fingerprint density at radius 3 is 2.95 bits per heavy atom. The number of rotatable bonds is 3. The number of carbonyl (C=O) groups excluding carboxylic acids is 1. The summed E-state index contributed by atoms with van der Waals surface area (Å²) in [6.45, 7) is 6.76. The molecule has 3 heterocycles. The number of hydrogen-bond acceptors (Lipinski definition) is 6. The molecule has 0 aliphatic carbocycles. The van der Waals surface area contributed by atoms with Gasteiger partial charge in [0.2, 0.25) is 0 Å². The quantitative estimate of drug-likeness (QED) is 0.796. The molecule has 0 fully saturated rings. The second kappa shape index (κ2) is 5.45. The molecule has 8 heteroatoms. The van der Waals surface area contributed by atoms with Gasteiger partial charge in [0.1, 0.15) is 5.01 Å². The molecule has 0 aliphatic heterocycles. The van der Waals surface area contributed by atoms with Gasteiger partial charge < -0.3 is 5.32 Å². The van der Waals surface area contributed by atoms with Gasteiger partial charge in [0.15, 0.2) is 5.65 Å². The molecular weight excluding hydrogens is 300 g/mol. The average Bonchev–Trinajstić information content (AvgIpc) is 3.12. The zero-order valence-electron chi connectivity index (χ0n) is 12.6. The van der Waals surface area contributed by atoms with Gasteiger partial charge >= 0.3 is 0 Å². The van der Waals surface area contributed by atoms with Gasteiger partial charge in [-0.3, -0.25) is 4.79 Å². The number of fused-ring (bicyclic) bond motifs is 1. The minimum Gasteiger partial charge on any atom is -0.346 e. The summed E-state index contributed by atoms with van der Waals surface area (Å²) in [5, 5.41) is 16.9. The average molecular weight is 316 g/mol. The standard InChI is InChI=1S/C14H16N6OS/c1-14(2,3)10-8-22-12(16-10)7-15-13(21)9-4-5-20-11(6-9)17-18-19-20/h4-6,8H,7H2,1-3H3,(H,15,21). The van der Waals surface area contributed by atoms with Gasteiger partial charge in [0.05, 0.1) is 12.2 Å². The van der Waals surface area contributed by atoms with Crippen molar-refractivity contribution in [2.24, 2.45) is 0 Å². The molecule has 3 aromatic rings. The number of nitrogens with zero attached hydrogens (tertiary/aromatic N) is 5. The number of amides is 1. The van der Waals surface area contributed by atoms with Crippen LogP contribution in [0.2, 0.25) is 0 Å². The third-order valence-electron chi connectivity index (χ3n) is 3.18. The fraction of sp³-hybridized carbons (Fsp3) is 0.357. The van der Waals surface area contributed by atoms with Crippen molar-refractivity contribution in [3.05, 3.63) is 40.0 Å². The summed E-state index contributed by atoms with van der Waals surface area (Å²) in [6, 6.07) is 3.33. The van der Waals surface area contributed by atoms with Crippen molar-refractivity contribution in [1.29, 1.82) is 0 Å². The molecule has 0 unspecified atom stereocenters. The van der Waals surface area contributed by atoms with Gasteiger partial charge in [-0.25, -0.2) is 9.50 Å². The minimum atomic E-state index is -0.169. The number of thiazole rings is 1. The van der Waals surface area contributed by atoms with Crippen molar-refractivity contribution < 1.29 is 4.79 Å². The molecule has 0 aromatic carbocycles. The van der Waals surface area contributed by atoms with E-state index in [1.54, 1.807) is 29.7 Å². The Hall–Kier alpha value is -2.35. The summed E-state index contributed by atoms with van der Waals surface area (Å²) in [5.74, 6) is -0.169. The Labute approximate surface area is 131 Å². The van der Waals surface area contributed by atoms with Crippen LogP contribution in [0.15, 0.2) is 23.7 Å². The highest BCUT2D eigenvalue weighted by Gasteiger charge is 2.17. The molecule has 22 heavy (non-hydrogen) atoms. The SMILES string of the molecule is CC(C)(C)c1csc(CNC(=O)c2ccn3nnnc3c2)n1. The molecule has 1 amide bonds. The number of pyridine rings is 1. The van der Waals surface area contributed by atoms with E-state index in [-0.39, 0.29) is 11.3 Å². The van der Waals surface area contributed by atoms with E-state index in [9.17, 15) is 4.79 Å². The van der Waals surface area contributed by atoms with Gasteiger partial charge in [-0.1, -0.05) is 20.8 Å². The van der Waals surface area contributed by atoms with Crippen LogP contribution >= 0.6 is 11.3 Å². The first-order valence-electron chi connectivity index (χ1n) is 6.84. The highest BCUT2D eigenvalue weighted by molar-refractivity contribution is 7.09. The molecular formula is C14H16N6OS. The first-order chi connectivity index (χ1) is 10.4. The van der Waals surface area contributed by atoms with Crippen molar-refractivity contribution >= 4 is 22.9 Å². The van der Waals surface area contributed by atoms with E-state index in [1.165, 1.54) is 4.52 Å². The van der Waals surface area contributed by atoms with Gasteiger partial charge in [0.25, 0.3) is 5.91 Å².